The number of hydrogen-bond acceptors (Lipinski definition) is 2. The molecule has 0 fully saturated rings. The number of benzene rings is 1. The molecule has 0 bridgehead atoms. The average molecular weight is 312 g/mol. The smallest absolute Gasteiger partial charge is 0.344 e. The molecule has 1 aromatic carbocycles. The van der Waals surface area contributed by atoms with Crippen molar-refractivity contribution in [2.24, 2.45) is 0 Å². The zero-order chi connectivity index (χ0) is 13.7. The van der Waals surface area contributed by atoms with Gasteiger partial charge in [0.15, 0.2) is 11.9 Å². The van der Waals surface area contributed by atoms with Gasteiger partial charge in [-0.2, -0.15) is 0 Å². The summed E-state index contributed by atoms with van der Waals surface area (Å²) in [5.41, 5.74) is 0. The van der Waals surface area contributed by atoms with Gasteiger partial charge in [0, 0.05) is 5.02 Å². The number of aliphatic carboxylic acids is 1. The van der Waals surface area contributed by atoms with Crippen molar-refractivity contribution in [2.45, 2.75) is 32.3 Å². The minimum atomic E-state index is -1.04. The molecule has 0 aromatic heterocycles. The van der Waals surface area contributed by atoms with E-state index >= 15 is 0 Å². The number of carbonyl (C=O) groups is 1. The summed E-state index contributed by atoms with van der Waals surface area (Å²) in [6.07, 6.45) is 1.08. The molecule has 0 saturated heterocycles. The number of ether oxygens (including phenoxy) is 1. The van der Waals surface area contributed by atoms with E-state index in [1.165, 1.54) is 12.1 Å². The van der Waals surface area contributed by atoms with Crippen LogP contribution in [-0.2, 0) is 4.79 Å². The third kappa shape index (κ3) is 4.23. The largest absolute Gasteiger partial charge is 0.479 e. The summed E-state index contributed by atoms with van der Waals surface area (Å²) in [5.74, 6) is -0.878. The molecule has 0 amide bonds. The van der Waals surface area contributed by atoms with Crippen LogP contribution in [-0.4, -0.2) is 17.2 Å². The minimum Gasteiger partial charge on any atom is -0.479 e. The summed E-state index contributed by atoms with van der Waals surface area (Å²) in [6.45, 7) is 1.97. The molecule has 1 rings (SSSR count). The second-order valence-corrected chi connectivity index (χ2v) is 5.04. The first kappa shape index (κ1) is 15.4. The Labute approximate surface area is 121 Å². The molecule has 1 atom stereocenters. The summed E-state index contributed by atoms with van der Waals surface area (Å²) in [7, 11) is 0. The topological polar surface area (TPSA) is 46.5 Å². The lowest BCUT2D eigenvalue weighted by Crippen LogP contribution is -2.27. The second kappa shape index (κ2) is 7.07. The first-order valence-electron chi connectivity index (χ1n) is 5.49. The van der Waals surface area contributed by atoms with E-state index in [2.05, 4.69) is 0 Å². The molecule has 0 aliphatic rings. The Hall–Kier alpha value is -0.640. The molecule has 100 valence electrons. The van der Waals surface area contributed by atoms with Gasteiger partial charge in [0.2, 0.25) is 0 Å². The van der Waals surface area contributed by atoms with Crippen molar-refractivity contribution in [2.75, 3.05) is 0 Å². The van der Waals surface area contributed by atoms with Crippen molar-refractivity contribution in [3.8, 4) is 5.75 Å². The van der Waals surface area contributed by atoms with Crippen LogP contribution in [0.25, 0.3) is 0 Å². The molecule has 0 saturated carbocycles. The standard InChI is InChI=1S/C12H13Cl3O3/c1-2-3-4-10(12(16)17)18-11-8(14)5-7(13)6-9(11)15/h5-6,10H,2-4H2,1H3,(H,16,17). The maximum Gasteiger partial charge on any atom is 0.344 e. The van der Waals surface area contributed by atoms with Crippen molar-refractivity contribution < 1.29 is 14.6 Å². The number of unbranched alkanes of at least 4 members (excludes halogenated alkanes) is 1. The minimum absolute atomic E-state index is 0.159. The van der Waals surface area contributed by atoms with Crippen molar-refractivity contribution in [3.05, 3.63) is 27.2 Å². The van der Waals surface area contributed by atoms with Gasteiger partial charge in [0.25, 0.3) is 0 Å². The lowest BCUT2D eigenvalue weighted by molar-refractivity contribution is -0.145. The third-order valence-corrected chi connectivity index (χ3v) is 3.10. The van der Waals surface area contributed by atoms with E-state index in [0.717, 1.165) is 12.8 Å². The van der Waals surface area contributed by atoms with E-state index in [1.807, 2.05) is 6.92 Å². The molecule has 18 heavy (non-hydrogen) atoms. The Kier molecular flexibility index (Phi) is 6.06. The third-order valence-electron chi connectivity index (χ3n) is 2.32. The highest BCUT2D eigenvalue weighted by Gasteiger charge is 2.21. The van der Waals surface area contributed by atoms with E-state index in [9.17, 15) is 4.79 Å². The Balaban J connectivity index is 2.90. The van der Waals surface area contributed by atoms with E-state index in [0.29, 0.717) is 11.4 Å². The van der Waals surface area contributed by atoms with E-state index in [-0.39, 0.29) is 15.8 Å². The Morgan fingerprint density at radius 2 is 1.89 bits per heavy atom. The summed E-state index contributed by atoms with van der Waals surface area (Å²) in [5, 5.41) is 9.84. The number of hydrogen-bond donors (Lipinski definition) is 1. The summed E-state index contributed by atoms with van der Waals surface area (Å²) in [6, 6.07) is 2.92. The quantitative estimate of drug-likeness (QED) is 0.830. The Morgan fingerprint density at radius 3 is 2.33 bits per heavy atom. The van der Waals surface area contributed by atoms with E-state index in [4.69, 9.17) is 44.6 Å². The second-order valence-electron chi connectivity index (χ2n) is 3.79. The SMILES string of the molecule is CCCCC(Oc1c(Cl)cc(Cl)cc1Cl)C(=O)O. The summed E-state index contributed by atoms with van der Waals surface area (Å²) >= 11 is 17.6. The average Bonchev–Trinajstić information content (AvgIpc) is 2.26. The maximum atomic E-state index is 11.1. The summed E-state index contributed by atoms with van der Waals surface area (Å²) < 4.78 is 5.37. The highest BCUT2D eigenvalue weighted by atomic mass is 35.5. The fraction of sp³-hybridized carbons (Fsp3) is 0.417. The molecular formula is C12H13Cl3O3. The van der Waals surface area contributed by atoms with Crippen LogP contribution in [0.4, 0.5) is 0 Å². The predicted octanol–water partition coefficient (Wildman–Crippen LogP) is 4.67. The molecule has 1 unspecified atom stereocenters. The molecule has 1 N–H and O–H groups in total. The zero-order valence-electron chi connectivity index (χ0n) is 9.75. The van der Waals surface area contributed by atoms with Crippen LogP contribution in [0.3, 0.4) is 0 Å². The van der Waals surface area contributed by atoms with E-state index < -0.39 is 12.1 Å². The number of carboxylic acid groups (broad SMARTS) is 1. The van der Waals surface area contributed by atoms with Crippen LogP contribution in [0.5, 0.6) is 5.75 Å². The van der Waals surface area contributed by atoms with Gasteiger partial charge in [0.1, 0.15) is 0 Å². The predicted molar refractivity (Wildman–Crippen MR) is 73.0 cm³/mol. The van der Waals surface area contributed by atoms with Gasteiger partial charge < -0.3 is 9.84 Å². The van der Waals surface area contributed by atoms with Crippen LogP contribution in [0.15, 0.2) is 12.1 Å². The van der Waals surface area contributed by atoms with Crippen LogP contribution in [0.1, 0.15) is 26.2 Å². The number of rotatable bonds is 6. The lowest BCUT2D eigenvalue weighted by Gasteiger charge is -2.17. The molecule has 0 heterocycles. The molecule has 6 heteroatoms. The molecule has 0 radical (unpaired) electrons. The molecule has 0 aliphatic carbocycles. The van der Waals surface area contributed by atoms with Crippen LogP contribution in [0, 0.1) is 0 Å². The normalized spacial score (nSPS) is 12.2. The summed E-state index contributed by atoms with van der Waals surface area (Å²) in [4.78, 5) is 11.1. The molecule has 1 aromatic rings. The van der Waals surface area contributed by atoms with Gasteiger partial charge in [-0.1, -0.05) is 48.1 Å². The molecule has 3 nitrogen and oxygen atoms in total. The van der Waals surface area contributed by atoms with Crippen LogP contribution in [0.2, 0.25) is 15.1 Å². The van der Waals surface area contributed by atoms with Gasteiger partial charge in [0.05, 0.1) is 10.0 Å². The van der Waals surface area contributed by atoms with Crippen molar-refractivity contribution in [3.63, 3.8) is 0 Å². The first-order chi connectivity index (χ1) is 8.45. The highest BCUT2D eigenvalue weighted by molar-refractivity contribution is 6.40. The lowest BCUT2D eigenvalue weighted by atomic mass is 10.1. The molecular weight excluding hydrogens is 298 g/mol. The van der Waals surface area contributed by atoms with Gasteiger partial charge in [-0.15, -0.1) is 0 Å². The van der Waals surface area contributed by atoms with Gasteiger partial charge in [-0.3, -0.25) is 0 Å². The Morgan fingerprint density at radius 1 is 1.33 bits per heavy atom. The van der Waals surface area contributed by atoms with Crippen LogP contribution < -0.4 is 4.74 Å². The number of halogens is 3. The van der Waals surface area contributed by atoms with Crippen molar-refractivity contribution in [1.82, 2.24) is 0 Å². The van der Waals surface area contributed by atoms with Gasteiger partial charge in [-0.25, -0.2) is 4.79 Å². The van der Waals surface area contributed by atoms with Crippen molar-refractivity contribution in [1.29, 1.82) is 0 Å². The number of carboxylic acids is 1. The maximum absolute atomic E-state index is 11.1. The zero-order valence-corrected chi connectivity index (χ0v) is 12.0. The van der Waals surface area contributed by atoms with Gasteiger partial charge in [-0.05, 0) is 25.0 Å². The molecule has 0 aliphatic heterocycles. The Bertz CT molecular complexity index is 412. The van der Waals surface area contributed by atoms with Gasteiger partial charge >= 0.3 is 5.97 Å². The fourth-order valence-corrected chi connectivity index (χ4v) is 2.31. The first-order valence-corrected chi connectivity index (χ1v) is 6.63. The molecule has 0 spiro atoms. The van der Waals surface area contributed by atoms with E-state index in [1.54, 1.807) is 0 Å². The monoisotopic (exact) mass is 310 g/mol. The van der Waals surface area contributed by atoms with Crippen LogP contribution >= 0.6 is 34.8 Å². The highest BCUT2D eigenvalue weighted by Crippen LogP contribution is 2.36. The fourth-order valence-electron chi connectivity index (χ4n) is 1.41. The van der Waals surface area contributed by atoms with Crippen molar-refractivity contribution >= 4 is 40.8 Å².